The number of halogens is 3. The zero-order valence-electron chi connectivity index (χ0n) is 9.37. The standard InChI is InChI=1S/C10H16F3NO3/c11-10(12,13)7-17-4-3-14(6-9(15)16)5-8-1-2-8/h8H,1-7H2,(H,15,16). The summed E-state index contributed by atoms with van der Waals surface area (Å²) in [5, 5.41) is 8.64. The Labute approximate surface area is 97.3 Å². The van der Waals surface area contributed by atoms with E-state index in [4.69, 9.17) is 5.11 Å². The van der Waals surface area contributed by atoms with Gasteiger partial charge in [0.2, 0.25) is 0 Å². The van der Waals surface area contributed by atoms with Crippen molar-refractivity contribution in [3.8, 4) is 0 Å². The lowest BCUT2D eigenvalue weighted by Crippen LogP contribution is -2.35. The van der Waals surface area contributed by atoms with Crippen LogP contribution in [0.15, 0.2) is 0 Å². The highest BCUT2D eigenvalue weighted by atomic mass is 19.4. The molecule has 1 aliphatic rings. The Hall–Kier alpha value is -0.820. The second-order valence-corrected chi connectivity index (χ2v) is 4.24. The van der Waals surface area contributed by atoms with Crippen molar-refractivity contribution in [2.24, 2.45) is 5.92 Å². The fourth-order valence-electron chi connectivity index (χ4n) is 1.47. The van der Waals surface area contributed by atoms with Crippen LogP contribution < -0.4 is 0 Å². The first-order valence-electron chi connectivity index (χ1n) is 5.45. The van der Waals surface area contributed by atoms with Crippen molar-refractivity contribution in [3.05, 3.63) is 0 Å². The molecule has 0 unspecified atom stereocenters. The van der Waals surface area contributed by atoms with Gasteiger partial charge in [0.1, 0.15) is 6.61 Å². The number of aliphatic carboxylic acids is 1. The number of carbonyl (C=O) groups is 1. The lowest BCUT2D eigenvalue weighted by Gasteiger charge is -2.20. The minimum atomic E-state index is -4.33. The molecule has 0 bridgehead atoms. The van der Waals surface area contributed by atoms with E-state index in [2.05, 4.69) is 4.74 Å². The van der Waals surface area contributed by atoms with Crippen LogP contribution >= 0.6 is 0 Å². The van der Waals surface area contributed by atoms with Gasteiger partial charge in [-0.1, -0.05) is 0 Å². The molecule has 0 spiro atoms. The SMILES string of the molecule is O=C(O)CN(CCOCC(F)(F)F)CC1CC1. The summed E-state index contributed by atoms with van der Waals surface area (Å²) in [5.74, 6) is -0.474. The van der Waals surface area contributed by atoms with E-state index in [0.717, 1.165) is 12.8 Å². The molecule has 1 fully saturated rings. The summed E-state index contributed by atoms with van der Waals surface area (Å²) in [4.78, 5) is 12.2. The van der Waals surface area contributed by atoms with Crippen LogP contribution in [-0.2, 0) is 9.53 Å². The zero-order chi connectivity index (χ0) is 12.9. The predicted octanol–water partition coefficient (Wildman–Crippen LogP) is 1.36. The van der Waals surface area contributed by atoms with Gasteiger partial charge in [0.25, 0.3) is 0 Å². The van der Waals surface area contributed by atoms with Crippen LogP contribution in [0.2, 0.25) is 0 Å². The molecule has 7 heteroatoms. The van der Waals surface area contributed by atoms with Gasteiger partial charge in [-0.05, 0) is 18.8 Å². The maximum Gasteiger partial charge on any atom is 0.411 e. The molecule has 1 rings (SSSR count). The Morgan fingerprint density at radius 2 is 2.06 bits per heavy atom. The highest BCUT2D eigenvalue weighted by Gasteiger charge is 2.28. The lowest BCUT2D eigenvalue weighted by atomic mass is 10.3. The fourth-order valence-corrected chi connectivity index (χ4v) is 1.47. The summed E-state index contributed by atoms with van der Waals surface area (Å²) in [6, 6.07) is 0. The first-order valence-corrected chi connectivity index (χ1v) is 5.45. The van der Waals surface area contributed by atoms with Crippen LogP contribution in [0.5, 0.6) is 0 Å². The van der Waals surface area contributed by atoms with E-state index in [0.29, 0.717) is 12.5 Å². The first kappa shape index (κ1) is 14.2. The summed E-state index contributed by atoms with van der Waals surface area (Å²) >= 11 is 0. The van der Waals surface area contributed by atoms with Gasteiger partial charge in [0.05, 0.1) is 13.2 Å². The molecule has 0 aromatic heterocycles. The Kier molecular flexibility index (Phi) is 5.20. The number of hydrogen-bond acceptors (Lipinski definition) is 3. The molecule has 0 aromatic carbocycles. The van der Waals surface area contributed by atoms with E-state index < -0.39 is 18.8 Å². The van der Waals surface area contributed by atoms with Crippen molar-refractivity contribution >= 4 is 5.97 Å². The smallest absolute Gasteiger partial charge is 0.411 e. The second kappa shape index (κ2) is 6.20. The van der Waals surface area contributed by atoms with Crippen LogP contribution in [0.4, 0.5) is 13.2 Å². The van der Waals surface area contributed by atoms with Crippen LogP contribution in [0.3, 0.4) is 0 Å². The number of ether oxygens (including phenoxy) is 1. The highest BCUT2D eigenvalue weighted by Crippen LogP contribution is 2.29. The van der Waals surface area contributed by atoms with Crippen LogP contribution in [0.1, 0.15) is 12.8 Å². The third kappa shape index (κ3) is 7.98. The van der Waals surface area contributed by atoms with Crippen molar-refractivity contribution in [2.75, 3.05) is 32.8 Å². The molecule has 1 aliphatic carbocycles. The van der Waals surface area contributed by atoms with Gasteiger partial charge in [-0.3, -0.25) is 9.69 Å². The molecular formula is C10H16F3NO3. The normalized spacial score (nSPS) is 16.5. The molecule has 1 N–H and O–H groups in total. The quantitative estimate of drug-likeness (QED) is 0.665. The maximum atomic E-state index is 11.8. The average molecular weight is 255 g/mol. The largest absolute Gasteiger partial charge is 0.480 e. The molecule has 1 saturated carbocycles. The third-order valence-corrected chi connectivity index (χ3v) is 2.39. The Morgan fingerprint density at radius 1 is 1.41 bits per heavy atom. The van der Waals surface area contributed by atoms with Gasteiger partial charge >= 0.3 is 12.1 Å². The summed E-state index contributed by atoms with van der Waals surface area (Å²) < 4.78 is 39.8. The summed E-state index contributed by atoms with van der Waals surface area (Å²) in [6.45, 7) is -0.677. The lowest BCUT2D eigenvalue weighted by molar-refractivity contribution is -0.175. The third-order valence-electron chi connectivity index (χ3n) is 2.39. The molecule has 0 saturated heterocycles. The molecule has 4 nitrogen and oxygen atoms in total. The van der Waals surface area contributed by atoms with Crippen LogP contribution in [-0.4, -0.2) is 55.0 Å². The maximum absolute atomic E-state index is 11.8. The highest BCUT2D eigenvalue weighted by molar-refractivity contribution is 5.69. The number of nitrogens with zero attached hydrogens (tertiary/aromatic N) is 1. The van der Waals surface area contributed by atoms with Crippen molar-refractivity contribution in [1.29, 1.82) is 0 Å². The summed E-state index contributed by atoms with van der Waals surface area (Å²) in [7, 11) is 0. The van der Waals surface area contributed by atoms with E-state index in [9.17, 15) is 18.0 Å². The van der Waals surface area contributed by atoms with Crippen molar-refractivity contribution in [2.45, 2.75) is 19.0 Å². The Balaban J connectivity index is 2.16. The fraction of sp³-hybridized carbons (Fsp3) is 0.900. The number of alkyl halides is 3. The van der Waals surface area contributed by atoms with Crippen molar-refractivity contribution in [3.63, 3.8) is 0 Å². The zero-order valence-corrected chi connectivity index (χ0v) is 9.37. The van der Waals surface area contributed by atoms with Crippen LogP contribution in [0, 0.1) is 5.92 Å². The van der Waals surface area contributed by atoms with E-state index >= 15 is 0 Å². The minimum absolute atomic E-state index is 0.0977. The molecule has 0 aromatic rings. The molecule has 0 amide bonds. The number of rotatable bonds is 8. The van der Waals surface area contributed by atoms with Crippen molar-refractivity contribution < 1.29 is 27.8 Å². The van der Waals surface area contributed by atoms with E-state index in [-0.39, 0.29) is 19.7 Å². The Bertz CT molecular complexity index is 254. The molecule has 0 atom stereocenters. The average Bonchev–Trinajstić information content (AvgIpc) is 2.93. The topological polar surface area (TPSA) is 49.8 Å². The van der Waals surface area contributed by atoms with Crippen molar-refractivity contribution in [1.82, 2.24) is 4.90 Å². The number of carboxylic acid groups (broad SMARTS) is 1. The Morgan fingerprint density at radius 3 is 2.53 bits per heavy atom. The molecule has 0 radical (unpaired) electrons. The van der Waals surface area contributed by atoms with E-state index in [1.165, 1.54) is 0 Å². The summed E-state index contributed by atoms with van der Waals surface area (Å²) in [6.07, 6.45) is -2.19. The predicted molar refractivity (Wildman–Crippen MR) is 53.7 cm³/mol. The monoisotopic (exact) mass is 255 g/mol. The molecule has 0 heterocycles. The number of hydrogen-bond donors (Lipinski definition) is 1. The van der Waals surface area contributed by atoms with Gasteiger partial charge in [-0.25, -0.2) is 0 Å². The first-order chi connectivity index (χ1) is 7.87. The molecule has 100 valence electrons. The van der Waals surface area contributed by atoms with Crippen LogP contribution in [0.25, 0.3) is 0 Å². The molecular weight excluding hydrogens is 239 g/mol. The summed E-state index contributed by atoms with van der Waals surface area (Å²) in [5.41, 5.74) is 0. The number of carboxylic acids is 1. The van der Waals surface area contributed by atoms with Gasteiger partial charge in [-0.15, -0.1) is 0 Å². The van der Waals surface area contributed by atoms with Gasteiger partial charge < -0.3 is 9.84 Å². The van der Waals surface area contributed by atoms with Gasteiger partial charge in [0, 0.05) is 13.1 Å². The minimum Gasteiger partial charge on any atom is -0.480 e. The van der Waals surface area contributed by atoms with Gasteiger partial charge in [0.15, 0.2) is 0 Å². The molecule has 0 aliphatic heterocycles. The van der Waals surface area contributed by atoms with E-state index in [1.54, 1.807) is 4.90 Å². The van der Waals surface area contributed by atoms with E-state index in [1.807, 2.05) is 0 Å². The molecule has 17 heavy (non-hydrogen) atoms. The second-order valence-electron chi connectivity index (χ2n) is 4.24. The van der Waals surface area contributed by atoms with Gasteiger partial charge in [-0.2, -0.15) is 13.2 Å².